The molecule has 0 saturated heterocycles. The summed E-state index contributed by atoms with van der Waals surface area (Å²) in [4.78, 5) is 24.8. The van der Waals surface area contributed by atoms with Crippen molar-refractivity contribution in [1.82, 2.24) is 0 Å². The zero-order chi connectivity index (χ0) is 19.3. The zero-order valence-corrected chi connectivity index (χ0v) is 16.3. The fraction of sp³-hybridized carbons (Fsp3) is 0.727. The summed E-state index contributed by atoms with van der Waals surface area (Å²) >= 11 is 0. The third kappa shape index (κ3) is 3.01. The van der Waals surface area contributed by atoms with E-state index in [0.717, 1.165) is 37.3 Å². The maximum atomic E-state index is 12.6. The van der Waals surface area contributed by atoms with Gasteiger partial charge in [0.05, 0.1) is 6.61 Å². The van der Waals surface area contributed by atoms with Crippen molar-refractivity contribution in [3.63, 3.8) is 0 Å². The van der Waals surface area contributed by atoms with Gasteiger partial charge in [0.25, 0.3) is 0 Å². The van der Waals surface area contributed by atoms with Crippen LogP contribution < -0.4 is 0 Å². The normalized spacial score (nSPS) is 40.2. The van der Waals surface area contributed by atoms with Gasteiger partial charge in [-0.15, -0.1) is 0 Å². The van der Waals surface area contributed by atoms with Crippen LogP contribution in [0, 0.1) is 22.7 Å². The first-order valence-electron chi connectivity index (χ1n) is 9.83. The second kappa shape index (κ2) is 6.42. The van der Waals surface area contributed by atoms with E-state index in [1.54, 1.807) is 0 Å². The lowest BCUT2D eigenvalue weighted by molar-refractivity contribution is -0.145. The molecule has 4 heteroatoms. The number of hydrogen-bond acceptors (Lipinski definition) is 4. The number of carbonyl (C=O) groups excluding carboxylic acids is 2. The van der Waals surface area contributed by atoms with Crippen molar-refractivity contribution < 1.29 is 19.8 Å². The van der Waals surface area contributed by atoms with Crippen LogP contribution in [-0.2, 0) is 9.59 Å². The van der Waals surface area contributed by atoms with Gasteiger partial charge in [-0.3, -0.25) is 9.59 Å². The lowest BCUT2D eigenvalue weighted by atomic mass is 9.46. The van der Waals surface area contributed by atoms with Crippen LogP contribution in [0.4, 0.5) is 0 Å². The molecule has 0 aliphatic heterocycles. The largest absolute Gasteiger partial charge is 0.392 e. The van der Waals surface area contributed by atoms with E-state index in [4.69, 9.17) is 0 Å². The zero-order valence-electron chi connectivity index (χ0n) is 16.3. The number of ketones is 2. The molecule has 0 aromatic heterocycles. The van der Waals surface area contributed by atoms with Crippen molar-refractivity contribution in [3.8, 4) is 0 Å². The van der Waals surface area contributed by atoms with Crippen molar-refractivity contribution in [3.05, 3.63) is 23.8 Å². The van der Waals surface area contributed by atoms with E-state index in [-0.39, 0.29) is 40.9 Å². The maximum Gasteiger partial charge on any atom is 0.188 e. The predicted octanol–water partition coefficient (Wildman–Crippen LogP) is 3.37. The van der Waals surface area contributed by atoms with E-state index in [1.165, 1.54) is 6.42 Å². The minimum atomic E-state index is -1.67. The number of carbonyl (C=O) groups is 2. The number of aliphatic hydroxyl groups excluding tert-OH is 1. The number of hydrogen-bond donors (Lipinski definition) is 2. The van der Waals surface area contributed by atoms with Gasteiger partial charge in [-0.25, -0.2) is 0 Å². The standard InChI is InChI=1S/C22H32O4/c1-14-6-7-18-20(2,3)8-5-9-21(18,4)16(14)11-22(26)12-17(24)15(13-23)10-19(22)25/h10,16,18,23,26H,1,5-9,11-13H2,2-4H3. The Hall–Kier alpha value is -1.26. The van der Waals surface area contributed by atoms with Gasteiger partial charge < -0.3 is 10.2 Å². The van der Waals surface area contributed by atoms with Crippen molar-refractivity contribution in [1.29, 1.82) is 0 Å². The molecule has 4 atom stereocenters. The van der Waals surface area contributed by atoms with Gasteiger partial charge >= 0.3 is 0 Å². The average Bonchev–Trinajstić information content (AvgIpc) is 2.54. The van der Waals surface area contributed by atoms with Gasteiger partial charge in [0.2, 0.25) is 0 Å². The molecule has 0 heterocycles. The van der Waals surface area contributed by atoms with Crippen molar-refractivity contribution >= 4 is 11.6 Å². The lowest BCUT2D eigenvalue weighted by Crippen LogP contribution is -2.53. The minimum absolute atomic E-state index is 0.00287. The molecule has 3 aliphatic rings. The molecule has 3 rings (SSSR count). The second-order valence-electron chi connectivity index (χ2n) is 9.68. The molecule has 26 heavy (non-hydrogen) atoms. The Morgan fingerprint density at radius 2 is 1.92 bits per heavy atom. The molecular weight excluding hydrogens is 328 g/mol. The molecule has 0 aromatic carbocycles. The smallest absolute Gasteiger partial charge is 0.188 e. The van der Waals surface area contributed by atoms with Gasteiger partial charge in [0.15, 0.2) is 11.6 Å². The van der Waals surface area contributed by atoms with Crippen LogP contribution in [-0.4, -0.2) is 34.0 Å². The summed E-state index contributed by atoms with van der Waals surface area (Å²) in [6.45, 7) is 10.8. The Kier molecular flexibility index (Phi) is 4.81. The van der Waals surface area contributed by atoms with Crippen LogP contribution in [0.5, 0.6) is 0 Å². The summed E-state index contributed by atoms with van der Waals surface area (Å²) < 4.78 is 0. The molecular formula is C22H32O4. The average molecular weight is 360 g/mol. The Balaban J connectivity index is 1.92. The third-order valence-electron chi connectivity index (χ3n) is 7.61. The van der Waals surface area contributed by atoms with Gasteiger partial charge in [-0.05, 0) is 60.8 Å². The summed E-state index contributed by atoms with van der Waals surface area (Å²) in [5, 5.41) is 20.3. The molecule has 2 N–H and O–H groups in total. The minimum Gasteiger partial charge on any atom is -0.392 e. The number of Topliss-reactive ketones (excluding diaryl/α,β-unsaturated/α-hetero) is 1. The van der Waals surface area contributed by atoms with Gasteiger partial charge in [-0.1, -0.05) is 39.3 Å². The molecule has 3 aliphatic carbocycles. The number of aliphatic hydroxyl groups is 2. The van der Waals surface area contributed by atoms with Crippen LogP contribution in [0.1, 0.15) is 65.7 Å². The molecule has 144 valence electrons. The van der Waals surface area contributed by atoms with E-state index >= 15 is 0 Å². The Morgan fingerprint density at radius 1 is 1.23 bits per heavy atom. The molecule has 4 unspecified atom stereocenters. The second-order valence-corrected chi connectivity index (χ2v) is 9.68. The van der Waals surface area contributed by atoms with Crippen molar-refractivity contribution in [2.45, 2.75) is 71.3 Å². The highest BCUT2D eigenvalue weighted by atomic mass is 16.3. The van der Waals surface area contributed by atoms with Gasteiger partial charge in [-0.2, -0.15) is 0 Å². The highest BCUT2D eigenvalue weighted by Crippen LogP contribution is 2.62. The summed E-state index contributed by atoms with van der Waals surface area (Å²) in [5.74, 6) is -0.219. The molecule has 2 saturated carbocycles. The number of rotatable bonds is 3. The Morgan fingerprint density at radius 3 is 2.58 bits per heavy atom. The van der Waals surface area contributed by atoms with Crippen LogP contribution in [0.25, 0.3) is 0 Å². The van der Waals surface area contributed by atoms with Crippen LogP contribution in [0.3, 0.4) is 0 Å². The number of fused-ring (bicyclic) bond motifs is 1. The first kappa shape index (κ1) is 19.5. The fourth-order valence-corrected chi connectivity index (χ4v) is 6.13. The van der Waals surface area contributed by atoms with E-state index in [1.807, 2.05) is 0 Å². The van der Waals surface area contributed by atoms with Gasteiger partial charge in [0.1, 0.15) is 5.60 Å². The lowest BCUT2D eigenvalue weighted by Gasteiger charge is -2.58. The van der Waals surface area contributed by atoms with E-state index < -0.39 is 18.0 Å². The monoisotopic (exact) mass is 360 g/mol. The Labute approximate surface area is 156 Å². The number of allylic oxidation sites excluding steroid dienone is 1. The summed E-state index contributed by atoms with van der Waals surface area (Å²) in [6, 6.07) is 0. The van der Waals surface area contributed by atoms with E-state index in [9.17, 15) is 19.8 Å². The van der Waals surface area contributed by atoms with E-state index in [2.05, 4.69) is 27.4 Å². The topological polar surface area (TPSA) is 74.6 Å². The molecule has 4 nitrogen and oxygen atoms in total. The SMILES string of the molecule is C=C1CCC2C(C)(C)CCCC2(C)C1CC1(O)CC(=O)C(CO)=CC1=O. The molecule has 0 spiro atoms. The predicted molar refractivity (Wildman–Crippen MR) is 100 cm³/mol. The summed E-state index contributed by atoms with van der Waals surface area (Å²) in [7, 11) is 0. The first-order chi connectivity index (χ1) is 12.0. The molecule has 2 fully saturated rings. The van der Waals surface area contributed by atoms with Crippen molar-refractivity contribution in [2.75, 3.05) is 6.61 Å². The Bertz CT molecular complexity index is 674. The van der Waals surface area contributed by atoms with Crippen molar-refractivity contribution in [2.24, 2.45) is 22.7 Å². The summed E-state index contributed by atoms with van der Waals surface area (Å²) in [5.41, 5.74) is -0.227. The first-order valence-corrected chi connectivity index (χ1v) is 9.83. The molecule has 0 radical (unpaired) electrons. The van der Waals surface area contributed by atoms with Crippen LogP contribution in [0.2, 0.25) is 0 Å². The molecule has 0 bridgehead atoms. The quantitative estimate of drug-likeness (QED) is 0.757. The fourth-order valence-electron chi connectivity index (χ4n) is 6.13. The van der Waals surface area contributed by atoms with Crippen LogP contribution in [0.15, 0.2) is 23.8 Å². The molecule has 0 amide bonds. The highest BCUT2D eigenvalue weighted by molar-refractivity contribution is 6.12. The summed E-state index contributed by atoms with van der Waals surface area (Å²) in [6.07, 6.45) is 6.62. The highest BCUT2D eigenvalue weighted by Gasteiger charge is 2.55. The maximum absolute atomic E-state index is 12.6. The van der Waals surface area contributed by atoms with Crippen LogP contribution >= 0.6 is 0 Å². The molecule has 0 aromatic rings. The van der Waals surface area contributed by atoms with E-state index in [0.29, 0.717) is 5.92 Å². The third-order valence-corrected chi connectivity index (χ3v) is 7.61. The van der Waals surface area contributed by atoms with Gasteiger partial charge in [0, 0.05) is 12.0 Å².